The second-order valence-electron chi connectivity index (χ2n) is 5.25. The van der Waals surface area contributed by atoms with Crippen molar-refractivity contribution in [3.8, 4) is 0 Å². The van der Waals surface area contributed by atoms with Crippen LogP contribution in [0.3, 0.4) is 0 Å². The van der Waals surface area contributed by atoms with Gasteiger partial charge in [0.2, 0.25) is 5.89 Å². The first-order chi connectivity index (χ1) is 8.93. The summed E-state index contributed by atoms with van der Waals surface area (Å²) in [5, 5.41) is 6.39. The van der Waals surface area contributed by atoms with Gasteiger partial charge in [0.05, 0.1) is 5.92 Å². The van der Waals surface area contributed by atoms with Gasteiger partial charge in [-0.25, -0.2) is 8.42 Å². The average Bonchev–Trinajstić information content (AvgIpc) is 2.86. The maximum Gasteiger partial charge on any atom is 0.231 e. The molecule has 7 heteroatoms. The lowest BCUT2D eigenvalue weighted by Crippen LogP contribution is -2.34. The molecular weight excluding hydrogens is 266 g/mol. The highest BCUT2D eigenvalue weighted by Gasteiger charge is 2.31. The molecule has 19 heavy (non-hydrogen) atoms. The van der Waals surface area contributed by atoms with Gasteiger partial charge < -0.3 is 9.84 Å². The highest BCUT2D eigenvalue weighted by atomic mass is 32.2. The van der Waals surface area contributed by atoms with E-state index in [4.69, 9.17) is 4.52 Å². The molecule has 0 saturated heterocycles. The van der Waals surface area contributed by atoms with Gasteiger partial charge in [0.25, 0.3) is 0 Å². The van der Waals surface area contributed by atoms with E-state index in [1.807, 2.05) is 7.05 Å². The lowest BCUT2D eigenvalue weighted by atomic mass is 9.84. The first-order valence-corrected chi connectivity index (χ1v) is 8.58. The molecule has 0 radical (unpaired) electrons. The molecule has 1 aromatic rings. The molecule has 1 heterocycles. The van der Waals surface area contributed by atoms with Crippen LogP contribution in [0.15, 0.2) is 4.52 Å². The zero-order valence-corrected chi connectivity index (χ0v) is 12.4. The lowest BCUT2D eigenvalue weighted by molar-refractivity contribution is 0.269. The molecule has 0 aromatic carbocycles. The van der Waals surface area contributed by atoms with Crippen molar-refractivity contribution >= 4 is 9.84 Å². The van der Waals surface area contributed by atoms with Gasteiger partial charge in [-0.2, -0.15) is 4.98 Å². The molecule has 0 aliphatic heterocycles. The van der Waals surface area contributed by atoms with E-state index < -0.39 is 15.1 Å². The van der Waals surface area contributed by atoms with Crippen LogP contribution in [0.5, 0.6) is 0 Å². The van der Waals surface area contributed by atoms with Crippen LogP contribution in [0.4, 0.5) is 0 Å². The summed E-state index contributed by atoms with van der Waals surface area (Å²) in [7, 11) is -1.26. The summed E-state index contributed by atoms with van der Waals surface area (Å²) >= 11 is 0. The topological polar surface area (TPSA) is 85.1 Å². The van der Waals surface area contributed by atoms with Crippen LogP contribution in [0.2, 0.25) is 0 Å². The molecule has 3 atom stereocenters. The molecule has 1 saturated carbocycles. The van der Waals surface area contributed by atoms with E-state index in [9.17, 15) is 8.42 Å². The third kappa shape index (κ3) is 3.14. The summed E-state index contributed by atoms with van der Waals surface area (Å²) in [6.45, 7) is 1.58. The molecular formula is C12H21N3O3S. The molecule has 1 aliphatic rings. The summed E-state index contributed by atoms with van der Waals surface area (Å²) < 4.78 is 28.3. The van der Waals surface area contributed by atoms with Gasteiger partial charge in [-0.05, 0) is 26.8 Å². The minimum atomic E-state index is -3.19. The number of likely N-dealkylation sites (N-methyl/N-ethyl adjacent to an activating group) is 1. The number of hydrogen-bond donors (Lipinski definition) is 1. The summed E-state index contributed by atoms with van der Waals surface area (Å²) in [6, 6.07) is 0.329. The fourth-order valence-electron chi connectivity index (χ4n) is 2.53. The van der Waals surface area contributed by atoms with Crippen LogP contribution >= 0.6 is 0 Å². The molecule has 1 fully saturated rings. The minimum absolute atomic E-state index is 0.187. The summed E-state index contributed by atoms with van der Waals surface area (Å²) in [6.07, 6.45) is 5.61. The SMILES string of the molecule is CNC1CCCCC1c1nc(C(C)S(C)(=O)=O)no1. The van der Waals surface area contributed by atoms with E-state index >= 15 is 0 Å². The third-order valence-corrected chi connectivity index (χ3v) is 5.41. The first kappa shape index (κ1) is 14.5. The number of nitrogens with zero attached hydrogens (tertiary/aromatic N) is 2. The average molecular weight is 287 g/mol. The van der Waals surface area contributed by atoms with Gasteiger partial charge in [0.15, 0.2) is 15.7 Å². The van der Waals surface area contributed by atoms with Crippen LogP contribution in [0.1, 0.15) is 55.5 Å². The predicted molar refractivity (Wildman–Crippen MR) is 71.6 cm³/mol. The molecule has 0 spiro atoms. The van der Waals surface area contributed by atoms with E-state index in [1.54, 1.807) is 6.92 Å². The number of rotatable bonds is 4. The quantitative estimate of drug-likeness (QED) is 0.901. The Labute approximate surface area is 113 Å². The number of hydrogen-bond acceptors (Lipinski definition) is 6. The van der Waals surface area contributed by atoms with Crippen LogP contribution in [-0.4, -0.2) is 37.9 Å². The van der Waals surface area contributed by atoms with E-state index in [0.29, 0.717) is 11.9 Å². The number of nitrogens with one attached hydrogen (secondary N) is 1. The lowest BCUT2D eigenvalue weighted by Gasteiger charge is -2.28. The largest absolute Gasteiger partial charge is 0.339 e. The van der Waals surface area contributed by atoms with Crippen LogP contribution in [0.25, 0.3) is 0 Å². The van der Waals surface area contributed by atoms with Gasteiger partial charge in [-0.15, -0.1) is 0 Å². The van der Waals surface area contributed by atoms with Gasteiger partial charge in [0, 0.05) is 12.3 Å². The fraction of sp³-hybridized carbons (Fsp3) is 0.833. The standard InChI is InChI=1S/C12H21N3O3S/c1-8(19(3,16)17)11-14-12(18-15-11)9-6-4-5-7-10(9)13-2/h8-10,13H,4-7H2,1-3H3. The van der Waals surface area contributed by atoms with Gasteiger partial charge in [-0.1, -0.05) is 18.0 Å². The molecule has 1 aliphatic carbocycles. The molecule has 1 aromatic heterocycles. The zero-order chi connectivity index (χ0) is 14.0. The number of sulfone groups is 1. The van der Waals surface area contributed by atoms with Crippen LogP contribution < -0.4 is 5.32 Å². The predicted octanol–water partition coefficient (Wildman–Crippen LogP) is 1.42. The zero-order valence-electron chi connectivity index (χ0n) is 11.6. The Balaban J connectivity index is 2.20. The Morgan fingerprint density at radius 3 is 2.68 bits per heavy atom. The fourth-order valence-corrected chi connectivity index (χ4v) is 3.01. The molecule has 0 amide bonds. The summed E-state index contributed by atoms with van der Waals surface area (Å²) in [4.78, 5) is 4.30. The van der Waals surface area contributed by atoms with Crippen molar-refractivity contribution in [3.63, 3.8) is 0 Å². The van der Waals surface area contributed by atoms with Crippen LogP contribution in [0, 0.1) is 0 Å². The molecule has 1 N–H and O–H groups in total. The monoisotopic (exact) mass is 287 g/mol. The van der Waals surface area contributed by atoms with Crippen molar-refractivity contribution in [2.24, 2.45) is 0 Å². The molecule has 6 nitrogen and oxygen atoms in total. The van der Waals surface area contributed by atoms with Crippen molar-refractivity contribution < 1.29 is 12.9 Å². The highest BCUT2D eigenvalue weighted by molar-refractivity contribution is 7.90. The second-order valence-corrected chi connectivity index (χ2v) is 7.61. The van der Waals surface area contributed by atoms with Crippen LogP contribution in [-0.2, 0) is 9.84 Å². The first-order valence-electron chi connectivity index (χ1n) is 6.63. The Kier molecular flexibility index (Phi) is 4.25. The van der Waals surface area contributed by atoms with Gasteiger partial charge in [0.1, 0.15) is 5.25 Å². The van der Waals surface area contributed by atoms with Crippen molar-refractivity contribution in [2.45, 2.75) is 49.8 Å². The van der Waals surface area contributed by atoms with E-state index in [1.165, 1.54) is 12.7 Å². The molecule has 0 bridgehead atoms. The van der Waals surface area contributed by atoms with E-state index in [2.05, 4.69) is 15.5 Å². The molecule has 2 rings (SSSR count). The van der Waals surface area contributed by atoms with Crippen molar-refractivity contribution in [1.29, 1.82) is 0 Å². The minimum Gasteiger partial charge on any atom is -0.339 e. The van der Waals surface area contributed by atoms with E-state index in [0.717, 1.165) is 19.3 Å². The maximum absolute atomic E-state index is 11.5. The Bertz CT molecular complexity index is 526. The van der Waals surface area contributed by atoms with E-state index in [-0.39, 0.29) is 11.7 Å². The number of aromatic nitrogens is 2. The van der Waals surface area contributed by atoms with Crippen molar-refractivity contribution in [3.05, 3.63) is 11.7 Å². The third-order valence-electron chi connectivity index (χ3n) is 3.92. The smallest absolute Gasteiger partial charge is 0.231 e. The highest BCUT2D eigenvalue weighted by Crippen LogP contribution is 2.32. The Hall–Kier alpha value is -0.950. The van der Waals surface area contributed by atoms with Crippen molar-refractivity contribution in [1.82, 2.24) is 15.5 Å². The summed E-state index contributed by atoms with van der Waals surface area (Å²) in [5.41, 5.74) is 0. The molecule has 3 unspecified atom stereocenters. The molecule has 108 valence electrons. The summed E-state index contributed by atoms with van der Waals surface area (Å²) in [5.74, 6) is 1.01. The maximum atomic E-state index is 11.5. The van der Waals surface area contributed by atoms with Crippen molar-refractivity contribution in [2.75, 3.05) is 13.3 Å². The normalized spacial score (nSPS) is 26.3. The Morgan fingerprint density at radius 1 is 1.37 bits per heavy atom. The van der Waals surface area contributed by atoms with Gasteiger partial charge in [-0.3, -0.25) is 0 Å². The second kappa shape index (κ2) is 5.58. The van der Waals surface area contributed by atoms with Gasteiger partial charge >= 0.3 is 0 Å². The Morgan fingerprint density at radius 2 is 2.05 bits per heavy atom.